The minimum atomic E-state index is -1.02. The maximum atomic E-state index is 13.7. The molecule has 1 saturated heterocycles. The van der Waals surface area contributed by atoms with Gasteiger partial charge in [0.05, 0.1) is 23.5 Å². The smallest absolute Gasteiger partial charge is 0.161 e. The first kappa shape index (κ1) is 18.2. The minimum absolute atomic E-state index is 0.142. The molecule has 2 aliphatic heterocycles. The lowest BCUT2D eigenvalue weighted by Gasteiger charge is -2.46. The summed E-state index contributed by atoms with van der Waals surface area (Å²) in [4.78, 5) is 4.63. The van der Waals surface area contributed by atoms with Crippen molar-refractivity contribution in [2.45, 2.75) is 24.9 Å². The van der Waals surface area contributed by atoms with Crippen LogP contribution in [-0.2, 0) is 6.54 Å². The van der Waals surface area contributed by atoms with E-state index < -0.39 is 17.2 Å². The Balaban J connectivity index is 1.76. The zero-order valence-corrected chi connectivity index (χ0v) is 15.2. The molecule has 0 atom stereocenters. The van der Waals surface area contributed by atoms with Crippen LogP contribution in [0.1, 0.15) is 18.4 Å². The maximum Gasteiger partial charge on any atom is 0.161 e. The first-order valence-electron chi connectivity index (χ1n) is 8.75. The van der Waals surface area contributed by atoms with Gasteiger partial charge in [0.15, 0.2) is 17.5 Å². The summed E-state index contributed by atoms with van der Waals surface area (Å²) in [5.74, 6) is -1.59. The second-order valence-corrected chi connectivity index (χ2v) is 7.26. The molecule has 2 aromatic carbocycles. The van der Waals surface area contributed by atoms with Crippen molar-refractivity contribution in [3.05, 3.63) is 58.6 Å². The molecule has 4 rings (SSSR count). The molecule has 5 nitrogen and oxygen atoms in total. The van der Waals surface area contributed by atoms with Gasteiger partial charge in [-0.1, -0.05) is 23.7 Å². The van der Waals surface area contributed by atoms with Crippen LogP contribution >= 0.6 is 11.6 Å². The Morgan fingerprint density at radius 3 is 2.63 bits per heavy atom. The van der Waals surface area contributed by atoms with E-state index in [1.165, 1.54) is 0 Å². The van der Waals surface area contributed by atoms with Crippen LogP contribution in [0.4, 0.5) is 20.2 Å². The summed E-state index contributed by atoms with van der Waals surface area (Å²) in [7, 11) is 0. The molecule has 8 heteroatoms. The first-order valence-corrected chi connectivity index (χ1v) is 9.13. The molecule has 1 fully saturated rings. The first-order chi connectivity index (χ1) is 13.0. The predicted octanol–water partition coefficient (Wildman–Crippen LogP) is 3.96. The van der Waals surface area contributed by atoms with Crippen LogP contribution in [0, 0.1) is 11.6 Å². The molecule has 0 bridgehead atoms. The largest absolute Gasteiger partial charge is 0.371 e. The van der Waals surface area contributed by atoms with E-state index >= 15 is 0 Å². The number of nitrogens with one attached hydrogen (secondary N) is 2. The standard InChI is InChI=1S/C19H19ClF2N4O/c20-13-3-1-2-12(8-13)11-24-18-19(4-6-23-7-5-19)25-16-9-14(21)15(22)10-17(16)26(18)27/h1-3,8-10,23,25,27H,4-7,11H2. The van der Waals surface area contributed by atoms with Gasteiger partial charge in [-0.2, -0.15) is 0 Å². The Morgan fingerprint density at radius 2 is 1.89 bits per heavy atom. The average molecular weight is 393 g/mol. The number of hydrogen-bond donors (Lipinski definition) is 3. The third kappa shape index (κ3) is 3.38. The van der Waals surface area contributed by atoms with E-state index in [1.54, 1.807) is 6.07 Å². The van der Waals surface area contributed by atoms with Crippen molar-refractivity contribution in [1.82, 2.24) is 5.32 Å². The van der Waals surface area contributed by atoms with Gasteiger partial charge in [0.25, 0.3) is 0 Å². The Hall–Kier alpha value is -2.22. The molecular formula is C19H19ClF2N4O. The lowest BCUT2D eigenvalue weighted by Crippen LogP contribution is -2.61. The van der Waals surface area contributed by atoms with Gasteiger partial charge < -0.3 is 10.6 Å². The van der Waals surface area contributed by atoms with Crippen molar-refractivity contribution in [3.8, 4) is 0 Å². The third-order valence-corrected chi connectivity index (χ3v) is 5.26. The van der Waals surface area contributed by atoms with Crippen LogP contribution in [0.15, 0.2) is 41.4 Å². The summed E-state index contributed by atoms with van der Waals surface area (Å²) < 4.78 is 27.5. The number of hydrogen-bond acceptors (Lipinski definition) is 4. The van der Waals surface area contributed by atoms with Crippen LogP contribution < -0.4 is 15.7 Å². The number of fused-ring (bicyclic) bond motifs is 1. The van der Waals surface area contributed by atoms with Crippen LogP contribution in [0.3, 0.4) is 0 Å². The Morgan fingerprint density at radius 1 is 1.15 bits per heavy atom. The molecule has 2 aliphatic rings. The molecule has 1 spiro atoms. The lowest BCUT2D eigenvalue weighted by atomic mass is 9.84. The zero-order chi connectivity index (χ0) is 19.0. The van der Waals surface area contributed by atoms with Gasteiger partial charge in [0.1, 0.15) is 0 Å². The number of amidine groups is 1. The van der Waals surface area contributed by atoms with Gasteiger partial charge in [-0.25, -0.2) is 13.8 Å². The van der Waals surface area contributed by atoms with E-state index in [4.69, 9.17) is 11.6 Å². The molecule has 3 N–H and O–H groups in total. The van der Waals surface area contributed by atoms with E-state index in [0.29, 0.717) is 35.9 Å². The summed E-state index contributed by atoms with van der Waals surface area (Å²) in [6.07, 6.45) is 1.30. The maximum absolute atomic E-state index is 13.7. The lowest BCUT2D eigenvalue weighted by molar-refractivity contribution is 0.288. The number of rotatable bonds is 2. The number of piperidine rings is 1. The third-order valence-electron chi connectivity index (χ3n) is 5.03. The van der Waals surface area contributed by atoms with Crippen molar-refractivity contribution < 1.29 is 14.0 Å². The number of hydroxylamine groups is 1. The summed E-state index contributed by atoms with van der Waals surface area (Å²) in [5, 5.41) is 18.9. The van der Waals surface area contributed by atoms with Crippen molar-refractivity contribution in [1.29, 1.82) is 0 Å². The highest BCUT2D eigenvalue weighted by Crippen LogP contribution is 2.40. The molecular weight excluding hydrogens is 374 g/mol. The number of nitrogens with zero attached hydrogens (tertiary/aromatic N) is 2. The van der Waals surface area contributed by atoms with Gasteiger partial charge in [-0.15, -0.1) is 0 Å². The van der Waals surface area contributed by atoms with Crippen molar-refractivity contribution in [2.75, 3.05) is 23.5 Å². The highest BCUT2D eigenvalue weighted by atomic mass is 35.5. The number of anilines is 2. The number of benzene rings is 2. The van der Waals surface area contributed by atoms with E-state index in [-0.39, 0.29) is 5.69 Å². The molecule has 142 valence electrons. The van der Waals surface area contributed by atoms with Crippen molar-refractivity contribution >= 4 is 28.8 Å². The fourth-order valence-electron chi connectivity index (χ4n) is 3.66. The SMILES string of the molecule is ON1C(=NCc2cccc(Cl)c2)C2(CCNCC2)Nc2cc(F)c(F)cc21. The Labute approximate surface area is 160 Å². The molecule has 0 aliphatic carbocycles. The molecule has 0 radical (unpaired) electrons. The van der Waals surface area contributed by atoms with E-state index in [1.807, 2.05) is 18.2 Å². The fraction of sp³-hybridized carbons (Fsp3) is 0.316. The molecule has 0 amide bonds. The van der Waals surface area contributed by atoms with E-state index in [2.05, 4.69) is 15.6 Å². The molecule has 0 aromatic heterocycles. The van der Waals surface area contributed by atoms with E-state index in [9.17, 15) is 14.0 Å². The fourth-order valence-corrected chi connectivity index (χ4v) is 3.88. The van der Waals surface area contributed by atoms with Crippen LogP contribution in [0.25, 0.3) is 0 Å². The van der Waals surface area contributed by atoms with Crippen molar-refractivity contribution in [3.63, 3.8) is 0 Å². The Kier molecular flexibility index (Phi) is 4.75. The van der Waals surface area contributed by atoms with Crippen molar-refractivity contribution in [2.24, 2.45) is 4.99 Å². The Bertz CT molecular complexity index is 899. The highest BCUT2D eigenvalue weighted by molar-refractivity contribution is 6.30. The summed E-state index contributed by atoms with van der Waals surface area (Å²) in [5.41, 5.74) is 0.724. The molecule has 27 heavy (non-hydrogen) atoms. The highest BCUT2D eigenvalue weighted by Gasteiger charge is 2.45. The molecule has 0 unspecified atom stereocenters. The van der Waals surface area contributed by atoms with Gasteiger partial charge in [-0.05, 0) is 43.6 Å². The molecule has 2 heterocycles. The summed E-state index contributed by atoms with van der Waals surface area (Å²) in [6.45, 7) is 1.74. The summed E-state index contributed by atoms with van der Waals surface area (Å²) >= 11 is 6.03. The monoisotopic (exact) mass is 392 g/mol. The quantitative estimate of drug-likeness (QED) is 0.724. The topological polar surface area (TPSA) is 59.9 Å². The average Bonchev–Trinajstić information content (AvgIpc) is 2.64. The van der Waals surface area contributed by atoms with Crippen LogP contribution in [0.2, 0.25) is 5.02 Å². The van der Waals surface area contributed by atoms with Gasteiger partial charge in [-0.3, -0.25) is 10.2 Å². The molecule has 0 saturated carbocycles. The van der Waals surface area contributed by atoms with E-state index in [0.717, 1.165) is 35.8 Å². The van der Waals surface area contributed by atoms with Crippen LogP contribution in [-0.4, -0.2) is 29.7 Å². The second-order valence-electron chi connectivity index (χ2n) is 6.82. The minimum Gasteiger partial charge on any atom is -0.371 e. The molecule has 2 aromatic rings. The zero-order valence-electron chi connectivity index (χ0n) is 14.5. The number of halogens is 3. The normalized spacial score (nSPS) is 19.9. The van der Waals surface area contributed by atoms with Gasteiger partial charge in [0, 0.05) is 17.2 Å². The predicted molar refractivity (Wildman–Crippen MR) is 102 cm³/mol. The summed E-state index contributed by atoms with van der Waals surface area (Å²) in [6, 6.07) is 9.36. The van der Waals surface area contributed by atoms with Gasteiger partial charge >= 0.3 is 0 Å². The van der Waals surface area contributed by atoms with Gasteiger partial charge in [0.2, 0.25) is 0 Å². The number of aliphatic imine (C=N–C) groups is 1. The second kappa shape index (κ2) is 7.07. The van der Waals surface area contributed by atoms with Crippen LogP contribution in [0.5, 0.6) is 0 Å².